The van der Waals surface area contributed by atoms with Crippen molar-refractivity contribution in [3.05, 3.63) is 11.6 Å². The zero-order chi connectivity index (χ0) is 9.10. The predicted octanol–water partition coefficient (Wildman–Crippen LogP) is 1.58. The third-order valence-corrected chi connectivity index (χ3v) is 3.49. The molecule has 0 bridgehead atoms. The quantitative estimate of drug-likeness (QED) is 0.744. The van der Waals surface area contributed by atoms with Crippen molar-refractivity contribution in [2.45, 2.75) is 19.3 Å². The Morgan fingerprint density at radius 2 is 2.46 bits per heavy atom. The van der Waals surface area contributed by atoms with Crippen LogP contribution in [0.4, 0.5) is 0 Å². The molecule has 2 aliphatic rings. The molecule has 0 aromatic rings. The van der Waals surface area contributed by atoms with Gasteiger partial charge in [0, 0.05) is 17.9 Å². The highest BCUT2D eigenvalue weighted by Gasteiger charge is 2.22. The van der Waals surface area contributed by atoms with E-state index in [-0.39, 0.29) is 5.91 Å². The summed E-state index contributed by atoms with van der Waals surface area (Å²) >= 11 is 1.85. The van der Waals surface area contributed by atoms with Gasteiger partial charge in [0.1, 0.15) is 0 Å². The third-order valence-electron chi connectivity index (χ3n) is 2.45. The Morgan fingerprint density at radius 1 is 1.62 bits per heavy atom. The zero-order valence-corrected chi connectivity index (χ0v) is 8.53. The first kappa shape index (κ1) is 9.13. The first-order chi connectivity index (χ1) is 6.36. The molecule has 3 heteroatoms. The van der Waals surface area contributed by atoms with Gasteiger partial charge in [0.05, 0.1) is 0 Å². The van der Waals surface area contributed by atoms with E-state index in [1.54, 1.807) is 0 Å². The Balaban J connectivity index is 1.77. The summed E-state index contributed by atoms with van der Waals surface area (Å²) in [6, 6.07) is 0. The monoisotopic (exact) mass is 197 g/mol. The summed E-state index contributed by atoms with van der Waals surface area (Å²) in [4.78, 5) is 11.5. The number of thioether (sulfide) groups is 1. The third kappa shape index (κ3) is 2.76. The minimum absolute atomic E-state index is 0.166. The minimum atomic E-state index is 0.166. The van der Waals surface area contributed by atoms with E-state index in [0.29, 0.717) is 0 Å². The summed E-state index contributed by atoms with van der Waals surface area (Å²) in [7, 11) is 0. The van der Waals surface area contributed by atoms with Crippen LogP contribution in [0.1, 0.15) is 19.3 Å². The second kappa shape index (κ2) is 4.18. The van der Waals surface area contributed by atoms with E-state index in [9.17, 15) is 4.79 Å². The van der Waals surface area contributed by atoms with E-state index in [1.165, 1.54) is 18.6 Å². The lowest BCUT2D eigenvalue weighted by molar-refractivity contribution is -0.117. The van der Waals surface area contributed by atoms with Crippen LogP contribution in [-0.2, 0) is 4.79 Å². The molecular formula is C10H15NOS. The second-order valence-corrected chi connectivity index (χ2v) is 4.83. The Morgan fingerprint density at radius 3 is 3.08 bits per heavy atom. The fourth-order valence-electron chi connectivity index (χ4n) is 1.39. The van der Waals surface area contributed by atoms with Gasteiger partial charge in [0.25, 0.3) is 0 Å². The first-order valence-corrected chi connectivity index (χ1v) is 6.06. The van der Waals surface area contributed by atoms with Gasteiger partial charge in [-0.25, -0.2) is 0 Å². The van der Waals surface area contributed by atoms with Crippen LogP contribution in [0.3, 0.4) is 0 Å². The average Bonchev–Trinajstić information content (AvgIpc) is 2.99. The molecule has 0 saturated heterocycles. The molecular weight excluding hydrogens is 182 g/mol. The largest absolute Gasteiger partial charge is 0.352 e. The molecule has 0 radical (unpaired) electrons. The Kier molecular flexibility index (Phi) is 2.94. The molecule has 2 nitrogen and oxygen atoms in total. The fraction of sp³-hybridized carbons (Fsp3) is 0.700. The van der Waals surface area contributed by atoms with Crippen LogP contribution in [0, 0.1) is 5.92 Å². The average molecular weight is 197 g/mol. The van der Waals surface area contributed by atoms with Crippen molar-refractivity contribution >= 4 is 17.7 Å². The van der Waals surface area contributed by atoms with Gasteiger partial charge in [-0.3, -0.25) is 4.79 Å². The predicted molar refractivity (Wildman–Crippen MR) is 55.8 cm³/mol. The highest BCUT2D eigenvalue weighted by atomic mass is 32.2. The van der Waals surface area contributed by atoms with Crippen LogP contribution in [-0.4, -0.2) is 24.0 Å². The smallest absolute Gasteiger partial charge is 0.247 e. The van der Waals surface area contributed by atoms with Crippen LogP contribution in [0.2, 0.25) is 0 Å². The van der Waals surface area contributed by atoms with Crippen LogP contribution >= 0.6 is 11.8 Å². The molecule has 1 saturated carbocycles. The Bertz CT molecular complexity index is 233. The van der Waals surface area contributed by atoms with E-state index in [1.807, 2.05) is 11.8 Å². The van der Waals surface area contributed by atoms with E-state index < -0.39 is 0 Å². The Labute approximate surface area is 83.2 Å². The van der Waals surface area contributed by atoms with Crippen LogP contribution in [0.15, 0.2) is 11.6 Å². The van der Waals surface area contributed by atoms with Gasteiger partial charge in [-0.05, 0) is 30.9 Å². The summed E-state index contributed by atoms with van der Waals surface area (Å²) in [5.41, 5.74) is 0.983. The summed E-state index contributed by atoms with van der Waals surface area (Å²) in [6.07, 6.45) is 5.73. The lowest BCUT2D eigenvalue weighted by atomic mass is 10.2. The summed E-state index contributed by atoms with van der Waals surface area (Å²) in [5, 5.41) is 2.99. The molecule has 0 spiro atoms. The molecule has 13 heavy (non-hydrogen) atoms. The number of amides is 1. The molecule has 1 aliphatic heterocycles. The number of hydrogen-bond acceptors (Lipinski definition) is 2. The summed E-state index contributed by atoms with van der Waals surface area (Å²) in [5.74, 6) is 3.01. The van der Waals surface area contributed by atoms with Crippen molar-refractivity contribution in [2.24, 2.45) is 5.92 Å². The molecule has 0 atom stereocenters. The van der Waals surface area contributed by atoms with Gasteiger partial charge < -0.3 is 5.32 Å². The minimum Gasteiger partial charge on any atom is -0.352 e. The Hall–Kier alpha value is -0.440. The molecule has 0 aromatic heterocycles. The van der Waals surface area contributed by atoms with E-state index in [4.69, 9.17) is 0 Å². The molecule has 0 unspecified atom stereocenters. The van der Waals surface area contributed by atoms with Crippen molar-refractivity contribution < 1.29 is 4.79 Å². The first-order valence-electron chi connectivity index (χ1n) is 4.91. The van der Waals surface area contributed by atoms with E-state index in [0.717, 1.165) is 30.2 Å². The van der Waals surface area contributed by atoms with Gasteiger partial charge in [-0.2, -0.15) is 11.8 Å². The number of nitrogens with one attached hydrogen (secondary N) is 1. The highest BCUT2D eigenvalue weighted by Crippen LogP contribution is 2.27. The highest BCUT2D eigenvalue weighted by molar-refractivity contribution is 7.99. The number of carbonyl (C=O) groups is 1. The number of rotatable bonds is 3. The van der Waals surface area contributed by atoms with Crippen LogP contribution < -0.4 is 5.32 Å². The number of hydrogen-bond donors (Lipinski definition) is 1. The standard InChI is InChI=1S/C10H15NOS/c12-10(11-6-8-3-4-8)9-2-1-5-13-7-9/h2,8H,1,3-7H2,(H,11,12). The van der Waals surface area contributed by atoms with Crippen molar-refractivity contribution in [1.82, 2.24) is 5.32 Å². The van der Waals surface area contributed by atoms with Crippen molar-refractivity contribution in [3.8, 4) is 0 Å². The lowest BCUT2D eigenvalue weighted by Crippen LogP contribution is -2.28. The van der Waals surface area contributed by atoms with Gasteiger partial charge in [-0.15, -0.1) is 0 Å². The maximum absolute atomic E-state index is 11.5. The van der Waals surface area contributed by atoms with E-state index in [2.05, 4.69) is 11.4 Å². The normalized spacial score (nSPS) is 22.3. The molecule has 1 N–H and O–H groups in total. The van der Waals surface area contributed by atoms with Crippen molar-refractivity contribution in [1.29, 1.82) is 0 Å². The lowest BCUT2D eigenvalue weighted by Gasteiger charge is -2.11. The van der Waals surface area contributed by atoms with Gasteiger partial charge in [0.15, 0.2) is 0 Å². The SMILES string of the molecule is O=C(NCC1CC1)C1=CCCSC1. The van der Waals surface area contributed by atoms with Gasteiger partial charge in [-0.1, -0.05) is 6.08 Å². The maximum Gasteiger partial charge on any atom is 0.247 e. The number of carbonyl (C=O) groups excluding carboxylic acids is 1. The number of allylic oxidation sites excluding steroid dienone is 1. The van der Waals surface area contributed by atoms with Crippen LogP contribution in [0.5, 0.6) is 0 Å². The van der Waals surface area contributed by atoms with Gasteiger partial charge in [0.2, 0.25) is 5.91 Å². The van der Waals surface area contributed by atoms with E-state index >= 15 is 0 Å². The molecule has 72 valence electrons. The molecule has 1 aliphatic carbocycles. The molecule has 1 heterocycles. The summed E-state index contributed by atoms with van der Waals surface area (Å²) in [6.45, 7) is 0.890. The molecule has 1 amide bonds. The zero-order valence-electron chi connectivity index (χ0n) is 7.71. The van der Waals surface area contributed by atoms with Crippen LogP contribution in [0.25, 0.3) is 0 Å². The topological polar surface area (TPSA) is 29.1 Å². The van der Waals surface area contributed by atoms with Crippen molar-refractivity contribution in [3.63, 3.8) is 0 Å². The molecule has 1 fully saturated rings. The molecule has 2 rings (SSSR count). The van der Waals surface area contributed by atoms with Crippen molar-refractivity contribution in [2.75, 3.05) is 18.1 Å². The van der Waals surface area contributed by atoms with Gasteiger partial charge >= 0.3 is 0 Å². The maximum atomic E-state index is 11.5. The second-order valence-electron chi connectivity index (χ2n) is 3.72. The summed E-state index contributed by atoms with van der Waals surface area (Å²) < 4.78 is 0. The fourth-order valence-corrected chi connectivity index (χ4v) is 2.29. The molecule has 0 aromatic carbocycles.